The van der Waals surface area contributed by atoms with Crippen molar-refractivity contribution in [1.82, 2.24) is 0 Å². The molecule has 4 bridgehead atoms. The van der Waals surface area contributed by atoms with E-state index < -0.39 is 5.97 Å². The van der Waals surface area contributed by atoms with Gasteiger partial charge in [0.1, 0.15) is 5.75 Å². The normalized spacial score (nSPS) is 27.7. The van der Waals surface area contributed by atoms with Gasteiger partial charge in [0.15, 0.2) is 0 Å². The largest absolute Gasteiger partial charge is 0.493 e. The van der Waals surface area contributed by atoms with E-state index >= 15 is 0 Å². The predicted molar refractivity (Wildman–Crippen MR) is 123 cm³/mol. The van der Waals surface area contributed by atoms with Crippen molar-refractivity contribution in [2.75, 3.05) is 19.0 Å². The zero-order valence-corrected chi connectivity index (χ0v) is 18.6. The van der Waals surface area contributed by atoms with E-state index in [1.165, 1.54) is 51.2 Å². The summed E-state index contributed by atoms with van der Waals surface area (Å²) in [6.45, 7) is 0.305. The van der Waals surface area contributed by atoms with Crippen LogP contribution in [0.5, 0.6) is 5.75 Å². The number of ether oxygens (including phenoxy) is 2. The minimum absolute atomic E-state index is 0.155. The van der Waals surface area contributed by atoms with E-state index in [1.807, 2.05) is 0 Å². The number of carbonyl (C=O) groups excluding carboxylic acids is 2. The Balaban J connectivity index is 1.13. The molecule has 0 atom stereocenters. The molecule has 1 amide bonds. The third-order valence-electron chi connectivity index (χ3n) is 7.67. The zero-order valence-electron chi connectivity index (χ0n) is 18.6. The summed E-state index contributed by atoms with van der Waals surface area (Å²) in [4.78, 5) is 23.9. The molecule has 2 aromatic rings. The second-order valence-electron chi connectivity index (χ2n) is 9.94. The van der Waals surface area contributed by atoms with E-state index in [-0.39, 0.29) is 12.3 Å². The van der Waals surface area contributed by atoms with Crippen LogP contribution in [0, 0.1) is 17.8 Å². The minimum Gasteiger partial charge on any atom is -0.493 e. The molecule has 0 unspecified atom stereocenters. The lowest BCUT2D eigenvalue weighted by Gasteiger charge is -2.57. The quantitative estimate of drug-likeness (QED) is 0.598. The first-order valence-electron chi connectivity index (χ1n) is 11.7. The minimum atomic E-state index is -0.429. The highest BCUT2D eigenvalue weighted by atomic mass is 16.5. The maximum absolute atomic E-state index is 12.3. The van der Waals surface area contributed by atoms with Gasteiger partial charge >= 0.3 is 5.97 Å². The number of nitrogens with one attached hydrogen (secondary N) is 1. The van der Waals surface area contributed by atoms with Crippen molar-refractivity contribution >= 4 is 17.6 Å². The molecule has 0 aliphatic heterocycles. The van der Waals surface area contributed by atoms with Crippen molar-refractivity contribution in [3.8, 4) is 5.75 Å². The molecule has 0 heterocycles. The number of anilines is 1. The highest BCUT2D eigenvalue weighted by Crippen LogP contribution is 2.60. The first-order valence-corrected chi connectivity index (χ1v) is 11.7. The van der Waals surface area contributed by atoms with Crippen molar-refractivity contribution < 1.29 is 19.1 Å². The maximum atomic E-state index is 12.3. The van der Waals surface area contributed by atoms with Gasteiger partial charge in [-0.15, -0.1) is 0 Å². The number of esters is 1. The Morgan fingerprint density at radius 1 is 0.969 bits per heavy atom. The molecule has 6 rings (SSSR count). The maximum Gasteiger partial charge on any atom is 0.337 e. The molecule has 2 aromatic carbocycles. The number of hydrogen-bond acceptors (Lipinski definition) is 4. The van der Waals surface area contributed by atoms with Gasteiger partial charge in [0.05, 0.1) is 25.7 Å². The van der Waals surface area contributed by atoms with Gasteiger partial charge in [-0.05, 0) is 97.6 Å². The smallest absolute Gasteiger partial charge is 0.337 e. The number of rotatable bonds is 7. The summed E-state index contributed by atoms with van der Waals surface area (Å²) in [7, 11) is 1.33. The zero-order chi connectivity index (χ0) is 22.1. The van der Waals surface area contributed by atoms with Crippen LogP contribution in [0.4, 0.5) is 5.69 Å². The molecule has 4 aliphatic rings. The lowest BCUT2D eigenvalue weighted by atomic mass is 9.48. The van der Waals surface area contributed by atoms with Crippen LogP contribution in [0.15, 0.2) is 48.5 Å². The molecule has 32 heavy (non-hydrogen) atoms. The van der Waals surface area contributed by atoms with Gasteiger partial charge in [-0.2, -0.15) is 0 Å². The molecular formula is C27H31NO4. The van der Waals surface area contributed by atoms with Crippen molar-refractivity contribution in [2.45, 2.75) is 50.4 Å². The molecule has 0 radical (unpaired) electrons. The van der Waals surface area contributed by atoms with E-state index in [0.717, 1.165) is 23.5 Å². The van der Waals surface area contributed by atoms with Crippen LogP contribution in [0.2, 0.25) is 0 Å². The van der Waals surface area contributed by atoms with Gasteiger partial charge in [-0.1, -0.05) is 18.2 Å². The van der Waals surface area contributed by atoms with Gasteiger partial charge in [-0.3, -0.25) is 4.79 Å². The molecule has 5 nitrogen and oxygen atoms in total. The van der Waals surface area contributed by atoms with Gasteiger partial charge < -0.3 is 14.8 Å². The number of hydrogen-bond donors (Lipinski definition) is 1. The van der Waals surface area contributed by atoms with Crippen molar-refractivity contribution in [2.24, 2.45) is 17.8 Å². The Hall–Kier alpha value is -2.82. The summed E-state index contributed by atoms with van der Waals surface area (Å²) < 4.78 is 10.5. The van der Waals surface area contributed by atoms with Gasteiger partial charge in [0.25, 0.3) is 0 Å². The van der Waals surface area contributed by atoms with Crippen LogP contribution < -0.4 is 10.1 Å². The van der Waals surface area contributed by atoms with E-state index in [2.05, 4.69) is 29.6 Å². The predicted octanol–water partition coefficient (Wildman–Crippen LogP) is 5.35. The second kappa shape index (κ2) is 8.61. The number of amides is 1. The van der Waals surface area contributed by atoms with Crippen LogP contribution in [-0.2, 0) is 14.9 Å². The van der Waals surface area contributed by atoms with Gasteiger partial charge in [0.2, 0.25) is 5.91 Å². The highest BCUT2D eigenvalue weighted by Gasteiger charge is 2.51. The third kappa shape index (κ3) is 4.25. The molecule has 4 saturated carbocycles. The molecular weight excluding hydrogens is 402 g/mol. The lowest BCUT2D eigenvalue weighted by molar-refractivity contribution is -0.116. The molecule has 0 spiro atoms. The Kier molecular flexibility index (Phi) is 5.66. The third-order valence-corrected chi connectivity index (χ3v) is 7.67. The van der Waals surface area contributed by atoms with E-state index in [1.54, 1.807) is 24.3 Å². The van der Waals surface area contributed by atoms with Crippen molar-refractivity contribution in [3.63, 3.8) is 0 Å². The van der Waals surface area contributed by atoms with Crippen molar-refractivity contribution in [1.29, 1.82) is 0 Å². The average molecular weight is 434 g/mol. The monoisotopic (exact) mass is 433 g/mol. The molecule has 4 aliphatic carbocycles. The Morgan fingerprint density at radius 3 is 2.25 bits per heavy atom. The summed E-state index contributed by atoms with van der Waals surface area (Å²) in [5.74, 6) is 3.02. The van der Waals surface area contributed by atoms with Crippen LogP contribution in [0.3, 0.4) is 0 Å². The summed E-state index contributed by atoms with van der Waals surface area (Å²) in [5, 5.41) is 2.80. The fourth-order valence-corrected chi connectivity index (χ4v) is 6.70. The molecule has 1 N–H and O–H groups in total. The SMILES string of the molecule is COC(=O)c1cccc(NC(=O)CCOc2ccc(C34CC5CC(CC(C5)C3)C4)cc2)c1. The number of methoxy groups -OCH3 is 1. The Morgan fingerprint density at radius 2 is 1.62 bits per heavy atom. The van der Waals surface area contributed by atoms with Crippen molar-refractivity contribution in [3.05, 3.63) is 59.7 Å². The first-order chi connectivity index (χ1) is 15.5. The summed E-state index contributed by atoms with van der Waals surface area (Å²) in [6.07, 6.45) is 8.67. The standard InChI is InChI=1S/C27H31NO4/c1-31-26(30)21-3-2-4-23(14-21)28-25(29)9-10-32-24-7-5-22(6-8-24)27-15-18-11-19(16-27)13-20(12-18)17-27/h2-8,14,18-20H,9-13,15-17H2,1H3,(H,28,29). The molecule has 0 saturated heterocycles. The molecule has 4 fully saturated rings. The first kappa shape index (κ1) is 21.0. The topological polar surface area (TPSA) is 64.6 Å². The number of carbonyl (C=O) groups is 2. The van der Waals surface area contributed by atoms with E-state index in [4.69, 9.17) is 9.47 Å². The lowest BCUT2D eigenvalue weighted by Crippen LogP contribution is -2.48. The van der Waals surface area contributed by atoms with E-state index in [9.17, 15) is 9.59 Å². The van der Waals surface area contributed by atoms with Gasteiger partial charge in [-0.25, -0.2) is 4.79 Å². The Bertz CT molecular complexity index is 962. The average Bonchev–Trinajstić information content (AvgIpc) is 2.78. The molecule has 168 valence electrons. The highest BCUT2D eigenvalue weighted by molar-refractivity contribution is 5.94. The van der Waals surface area contributed by atoms with Crippen LogP contribution in [-0.4, -0.2) is 25.6 Å². The number of benzene rings is 2. The van der Waals surface area contributed by atoms with E-state index in [0.29, 0.717) is 23.3 Å². The summed E-state index contributed by atoms with van der Waals surface area (Å²) in [5.41, 5.74) is 2.84. The molecule has 0 aromatic heterocycles. The Labute approximate surface area is 189 Å². The van der Waals surface area contributed by atoms with Crippen LogP contribution >= 0.6 is 0 Å². The fraction of sp³-hybridized carbons (Fsp3) is 0.481. The van der Waals surface area contributed by atoms with Crippen LogP contribution in [0.25, 0.3) is 0 Å². The summed E-state index contributed by atoms with van der Waals surface area (Å²) >= 11 is 0. The molecule has 5 heteroatoms. The van der Waals surface area contributed by atoms with Gasteiger partial charge in [0, 0.05) is 5.69 Å². The van der Waals surface area contributed by atoms with Crippen LogP contribution in [0.1, 0.15) is 60.9 Å². The fourth-order valence-electron chi connectivity index (χ4n) is 6.70. The summed E-state index contributed by atoms with van der Waals surface area (Å²) in [6, 6.07) is 15.3. The second-order valence-corrected chi connectivity index (χ2v) is 9.94.